The number of benzene rings is 2. The molecule has 1 aliphatic rings. The summed E-state index contributed by atoms with van der Waals surface area (Å²) in [5, 5.41) is 4.10. The highest BCUT2D eigenvalue weighted by Crippen LogP contribution is 2.22. The lowest BCUT2D eigenvalue weighted by Crippen LogP contribution is -2.36. The Kier molecular flexibility index (Phi) is 6.14. The minimum absolute atomic E-state index is 0.0616. The number of carbonyl (C=O) groups is 1. The molecule has 156 valence electrons. The summed E-state index contributed by atoms with van der Waals surface area (Å²) in [7, 11) is 4.02. The number of nitrogens with zero attached hydrogens (tertiary/aromatic N) is 3. The first-order valence-electron chi connectivity index (χ1n) is 10.3. The summed E-state index contributed by atoms with van der Waals surface area (Å²) in [4.78, 5) is 17.1. The predicted molar refractivity (Wildman–Crippen MR) is 116 cm³/mol. The van der Waals surface area contributed by atoms with Crippen LogP contribution >= 0.6 is 0 Å². The number of amides is 1. The van der Waals surface area contributed by atoms with Crippen molar-refractivity contribution in [3.8, 4) is 11.3 Å². The summed E-state index contributed by atoms with van der Waals surface area (Å²) in [5.74, 6) is 0.0774. The van der Waals surface area contributed by atoms with Crippen LogP contribution in [0.5, 0.6) is 0 Å². The molecule has 0 saturated carbocycles. The Hall–Kier alpha value is -3.12. The Balaban J connectivity index is 1.54. The van der Waals surface area contributed by atoms with E-state index in [0.29, 0.717) is 18.8 Å². The van der Waals surface area contributed by atoms with Gasteiger partial charge in [-0.05, 0) is 30.5 Å². The van der Waals surface area contributed by atoms with Crippen LogP contribution in [0.1, 0.15) is 29.0 Å². The quantitative estimate of drug-likeness (QED) is 0.589. The first-order valence-corrected chi connectivity index (χ1v) is 10.3. The van der Waals surface area contributed by atoms with Gasteiger partial charge < -0.3 is 19.1 Å². The van der Waals surface area contributed by atoms with Crippen molar-refractivity contribution in [2.24, 2.45) is 0 Å². The van der Waals surface area contributed by atoms with E-state index in [1.54, 1.807) is 11.0 Å². The zero-order valence-electron chi connectivity index (χ0n) is 17.5. The summed E-state index contributed by atoms with van der Waals surface area (Å²) in [6.07, 6.45) is 2.06. The van der Waals surface area contributed by atoms with Gasteiger partial charge >= 0.3 is 0 Å². The highest BCUT2D eigenvalue weighted by atomic mass is 16.5. The number of anilines is 1. The van der Waals surface area contributed by atoms with Gasteiger partial charge in [-0.15, -0.1) is 0 Å². The van der Waals surface area contributed by atoms with Crippen LogP contribution in [-0.4, -0.2) is 49.3 Å². The van der Waals surface area contributed by atoms with E-state index in [9.17, 15) is 4.79 Å². The van der Waals surface area contributed by atoms with E-state index in [2.05, 4.69) is 34.3 Å². The van der Waals surface area contributed by atoms with Gasteiger partial charge in [0.05, 0.1) is 6.10 Å². The van der Waals surface area contributed by atoms with Crippen LogP contribution in [0.25, 0.3) is 11.3 Å². The third-order valence-electron chi connectivity index (χ3n) is 5.35. The van der Waals surface area contributed by atoms with Crippen molar-refractivity contribution >= 4 is 11.6 Å². The Morgan fingerprint density at radius 2 is 1.87 bits per heavy atom. The third-order valence-corrected chi connectivity index (χ3v) is 5.35. The molecule has 0 radical (unpaired) electrons. The molecule has 1 aliphatic heterocycles. The number of ether oxygens (including phenoxy) is 1. The van der Waals surface area contributed by atoms with Crippen LogP contribution in [0, 0.1) is 0 Å². The van der Waals surface area contributed by atoms with Crippen molar-refractivity contribution in [1.82, 2.24) is 10.1 Å². The fraction of sp³-hybridized carbons (Fsp3) is 0.333. The van der Waals surface area contributed by atoms with E-state index in [1.807, 2.05) is 44.4 Å². The molecule has 0 aliphatic carbocycles. The maximum Gasteiger partial charge on any atom is 0.292 e. The SMILES string of the molecule is CN(C)c1ccc(CN(CC2CCCO2)C(=O)c2cc(-c3ccccc3)no2)cc1. The molecule has 1 saturated heterocycles. The zero-order valence-corrected chi connectivity index (χ0v) is 17.5. The molecule has 1 fully saturated rings. The molecule has 3 aromatic rings. The van der Waals surface area contributed by atoms with Crippen LogP contribution in [0.15, 0.2) is 65.2 Å². The Morgan fingerprint density at radius 1 is 1.10 bits per heavy atom. The molecule has 6 nitrogen and oxygen atoms in total. The van der Waals surface area contributed by atoms with Gasteiger partial charge in [0.1, 0.15) is 5.69 Å². The van der Waals surface area contributed by atoms with Crippen LogP contribution in [-0.2, 0) is 11.3 Å². The standard InChI is InChI=1S/C24H27N3O3/c1-26(2)20-12-10-18(11-13-20)16-27(17-21-9-6-14-29-21)24(28)23-15-22(25-30-23)19-7-4-3-5-8-19/h3-5,7-8,10-13,15,21H,6,9,14,16-17H2,1-2H3. The predicted octanol–water partition coefficient (Wildman–Crippen LogP) is 4.23. The van der Waals surface area contributed by atoms with Crippen molar-refractivity contribution in [1.29, 1.82) is 0 Å². The number of hydrogen-bond acceptors (Lipinski definition) is 5. The summed E-state index contributed by atoms with van der Waals surface area (Å²) in [6, 6.07) is 19.7. The number of rotatable bonds is 7. The molecule has 1 atom stereocenters. The lowest BCUT2D eigenvalue weighted by Gasteiger charge is -2.25. The average Bonchev–Trinajstić information content (AvgIpc) is 3.46. The van der Waals surface area contributed by atoms with E-state index >= 15 is 0 Å². The Morgan fingerprint density at radius 3 is 2.53 bits per heavy atom. The van der Waals surface area contributed by atoms with Crippen LogP contribution < -0.4 is 4.90 Å². The fourth-order valence-electron chi connectivity index (χ4n) is 3.65. The van der Waals surface area contributed by atoms with E-state index in [0.717, 1.165) is 36.3 Å². The molecule has 1 aromatic heterocycles. The van der Waals surface area contributed by atoms with Gasteiger partial charge in [-0.2, -0.15) is 0 Å². The molecule has 0 N–H and O–H groups in total. The average molecular weight is 405 g/mol. The second-order valence-electron chi connectivity index (χ2n) is 7.82. The second kappa shape index (κ2) is 9.13. The maximum absolute atomic E-state index is 13.3. The van der Waals surface area contributed by atoms with Gasteiger partial charge in [-0.25, -0.2) is 0 Å². The van der Waals surface area contributed by atoms with E-state index in [1.165, 1.54) is 0 Å². The number of hydrogen-bond donors (Lipinski definition) is 0. The normalized spacial score (nSPS) is 15.9. The lowest BCUT2D eigenvalue weighted by atomic mass is 10.1. The summed E-state index contributed by atoms with van der Waals surface area (Å²) in [6.45, 7) is 1.79. The van der Waals surface area contributed by atoms with Crippen molar-refractivity contribution < 1.29 is 14.1 Å². The van der Waals surface area contributed by atoms with Crippen molar-refractivity contribution in [3.63, 3.8) is 0 Å². The smallest absolute Gasteiger partial charge is 0.292 e. The fourth-order valence-corrected chi connectivity index (χ4v) is 3.65. The van der Waals surface area contributed by atoms with Crippen LogP contribution in [0.2, 0.25) is 0 Å². The molecule has 0 spiro atoms. The molecule has 1 unspecified atom stereocenters. The minimum atomic E-state index is -0.170. The Bertz CT molecular complexity index is 961. The van der Waals surface area contributed by atoms with Gasteiger partial charge in [-0.3, -0.25) is 4.79 Å². The topological polar surface area (TPSA) is 58.8 Å². The lowest BCUT2D eigenvalue weighted by molar-refractivity contribution is 0.0477. The van der Waals surface area contributed by atoms with Crippen molar-refractivity contribution in [3.05, 3.63) is 72.0 Å². The molecule has 0 bridgehead atoms. The first kappa shape index (κ1) is 20.2. The van der Waals surface area contributed by atoms with Gasteiger partial charge in [0.2, 0.25) is 5.76 Å². The van der Waals surface area contributed by atoms with Gasteiger partial charge in [-0.1, -0.05) is 47.6 Å². The summed E-state index contributed by atoms with van der Waals surface area (Å²) >= 11 is 0. The van der Waals surface area contributed by atoms with Gasteiger partial charge in [0, 0.05) is 51.1 Å². The van der Waals surface area contributed by atoms with Gasteiger partial charge in [0.25, 0.3) is 5.91 Å². The third kappa shape index (κ3) is 4.71. The molecule has 2 heterocycles. The van der Waals surface area contributed by atoms with Crippen molar-refractivity contribution in [2.75, 3.05) is 32.1 Å². The second-order valence-corrected chi connectivity index (χ2v) is 7.82. The summed E-state index contributed by atoms with van der Waals surface area (Å²) in [5.41, 5.74) is 3.77. The minimum Gasteiger partial charge on any atom is -0.378 e. The van der Waals surface area contributed by atoms with E-state index < -0.39 is 0 Å². The molecular formula is C24H27N3O3. The number of aromatic nitrogens is 1. The van der Waals surface area contributed by atoms with Crippen molar-refractivity contribution in [2.45, 2.75) is 25.5 Å². The first-order chi connectivity index (χ1) is 14.6. The molecule has 1 amide bonds. The highest BCUT2D eigenvalue weighted by Gasteiger charge is 2.26. The number of carbonyl (C=O) groups excluding carboxylic acids is 1. The molecular weight excluding hydrogens is 378 g/mol. The van der Waals surface area contributed by atoms with Crippen LogP contribution in [0.4, 0.5) is 5.69 Å². The summed E-state index contributed by atoms with van der Waals surface area (Å²) < 4.78 is 11.2. The van der Waals surface area contributed by atoms with E-state index in [-0.39, 0.29) is 17.8 Å². The molecule has 4 rings (SSSR count). The molecule has 2 aromatic carbocycles. The monoisotopic (exact) mass is 405 g/mol. The zero-order chi connectivity index (χ0) is 20.9. The van der Waals surface area contributed by atoms with E-state index in [4.69, 9.17) is 9.26 Å². The molecule has 6 heteroatoms. The molecule has 30 heavy (non-hydrogen) atoms. The maximum atomic E-state index is 13.3. The highest BCUT2D eigenvalue weighted by molar-refractivity contribution is 5.92. The van der Waals surface area contributed by atoms with Crippen LogP contribution in [0.3, 0.4) is 0 Å². The van der Waals surface area contributed by atoms with Gasteiger partial charge in [0.15, 0.2) is 0 Å². The Labute approximate surface area is 177 Å². The largest absolute Gasteiger partial charge is 0.378 e.